The highest BCUT2D eigenvalue weighted by Gasteiger charge is 2.11. The van der Waals surface area contributed by atoms with Crippen molar-refractivity contribution in [2.24, 2.45) is 0 Å². The molecule has 0 saturated carbocycles. The second-order valence-electron chi connectivity index (χ2n) is 6.64. The zero-order chi connectivity index (χ0) is 19.8. The van der Waals surface area contributed by atoms with E-state index in [-0.39, 0.29) is 12.5 Å². The van der Waals surface area contributed by atoms with E-state index in [4.69, 9.17) is 0 Å². The SMILES string of the molecule is O=C(CNC(=O)c1ccc(F)cc1)Nc1ccc(CCN2CCSCC2)cc1. The summed E-state index contributed by atoms with van der Waals surface area (Å²) in [5.41, 5.74) is 2.24. The van der Waals surface area contributed by atoms with E-state index >= 15 is 0 Å². The number of hydrogen-bond acceptors (Lipinski definition) is 4. The van der Waals surface area contributed by atoms with Gasteiger partial charge < -0.3 is 15.5 Å². The van der Waals surface area contributed by atoms with Crippen molar-refractivity contribution in [3.63, 3.8) is 0 Å². The molecular weight excluding hydrogens is 377 g/mol. The van der Waals surface area contributed by atoms with E-state index in [2.05, 4.69) is 15.5 Å². The second-order valence-corrected chi connectivity index (χ2v) is 7.86. The molecule has 0 aromatic heterocycles. The average Bonchev–Trinajstić information content (AvgIpc) is 2.73. The van der Waals surface area contributed by atoms with Gasteiger partial charge in [-0.3, -0.25) is 9.59 Å². The fourth-order valence-electron chi connectivity index (χ4n) is 2.94. The van der Waals surface area contributed by atoms with Crippen LogP contribution in [0.2, 0.25) is 0 Å². The minimum Gasteiger partial charge on any atom is -0.343 e. The molecule has 0 radical (unpaired) electrons. The molecule has 2 aromatic carbocycles. The topological polar surface area (TPSA) is 61.4 Å². The van der Waals surface area contributed by atoms with Crippen molar-refractivity contribution >= 4 is 29.3 Å². The molecule has 5 nitrogen and oxygen atoms in total. The van der Waals surface area contributed by atoms with Crippen LogP contribution in [0.25, 0.3) is 0 Å². The minimum absolute atomic E-state index is 0.148. The number of nitrogens with one attached hydrogen (secondary N) is 2. The maximum atomic E-state index is 12.9. The summed E-state index contributed by atoms with van der Waals surface area (Å²) >= 11 is 2.01. The van der Waals surface area contributed by atoms with E-state index in [0.29, 0.717) is 11.3 Å². The van der Waals surface area contributed by atoms with E-state index in [9.17, 15) is 14.0 Å². The number of thioether (sulfide) groups is 1. The van der Waals surface area contributed by atoms with E-state index in [1.54, 1.807) is 0 Å². The van der Waals surface area contributed by atoms with Crippen molar-refractivity contribution in [1.82, 2.24) is 10.2 Å². The molecule has 148 valence electrons. The number of anilines is 1. The lowest BCUT2D eigenvalue weighted by atomic mass is 10.1. The highest BCUT2D eigenvalue weighted by atomic mass is 32.2. The van der Waals surface area contributed by atoms with Crippen LogP contribution in [-0.2, 0) is 11.2 Å². The molecule has 28 heavy (non-hydrogen) atoms. The molecule has 0 spiro atoms. The van der Waals surface area contributed by atoms with Crippen molar-refractivity contribution in [3.05, 3.63) is 65.5 Å². The maximum absolute atomic E-state index is 12.9. The van der Waals surface area contributed by atoms with Gasteiger partial charge in [-0.25, -0.2) is 4.39 Å². The van der Waals surface area contributed by atoms with Crippen LogP contribution in [0.5, 0.6) is 0 Å². The van der Waals surface area contributed by atoms with Gasteiger partial charge in [0.15, 0.2) is 0 Å². The fraction of sp³-hybridized carbons (Fsp3) is 0.333. The minimum atomic E-state index is -0.415. The molecule has 1 aliphatic rings. The van der Waals surface area contributed by atoms with E-state index in [1.165, 1.54) is 41.3 Å². The molecule has 2 amide bonds. The lowest BCUT2D eigenvalue weighted by Crippen LogP contribution is -2.34. The maximum Gasteiger partial charge on any atom is 0.251 e. The Morgan fingerprint density at radius 1 is 1.00 bits per heavy atom. The number of hydrogen-bond donors (Lipinski definition) is 2. The molecule has 1 aliphatic heterocycles. The number of rotatable bonds is 7. The van der Waals surface area contributed by atoms with Gasteiger partial charge in [-0.2, -0.15) is 11.8 Å². The Kier molecular flexibility index (Phi) is 7.45. The highest BCUT2D eigenvalue weighted by molar-refractivity contribution is 7.99. The Morgan fingerprint density at radius 2 is 1.68 bits per heavy atom. The first-order valence-corrected chi connectivity index (χ1v) is 10.5. The van der Waals surface area contributed by atoms with Crippen LogP contribution in [-0.4, -0.2) is 54.4 Å². The molecule has 0 aliphatic carbocycles. The molecule has 1 fully saturated rings. The quantitative estimate of drug-likeness (QED) is 0.749. The van der Waals surface area contributed by atoms with Gasteiger partial charge in [-0.1, -0.05) is 12.1 Å². The van der Waals surface area contributed by atoms with Crippen molar-refractivity contribution < 1.29 is 14.0 Å². The summed E-state index contributed by atoms with van der Waals surface area (Å²) in [4.78, 5) is 26.4. The molecule has 2 aromatic rings. The number of carbonyl (C=O) groups excluding carboxylic acids is 2. The van der Waals surface area contributed by atoms with Gasteiger partial charge in [-0.15, -0.1) is 0 Å². The summed E-state index contributed by atoms with van der Waals surface area (Å²) in [6, 6.07) is 13.0. The van der Waals surface area contributed by atoms with Crippen molar-refractivity contribution in [2.45, 2.75) is 6.42 Å². The van der Waals surface area contributed by atoms with Crippen LogP contribution in [0.4, 0.5) is 10.1 Å². The van der Waals surface area contributed by atoms with Crippen molar-refractivity contribution in [3.8, 4) is 0 Å². The summed E-state index contributed by atoms with van der Waals surface area (Å²) in [5, 5.41) is 5.29. The predicted octanol–water partition coefficient (Wildman–Crippen LogP) is 2.79. The van der Waals surface area contributed by atoms with Crippen LogP contribution in [0.15, 0.2) is 48.5 Å². The largest absolute Gasteiger partial charge is 0.343 e. The molecule has 7 heteroatoms. The summed E-state index contributed by atoms with van der Waals surface area (Å²) in [5.74, 6) is 1.29. The molecule has 2 N–H and O–H groups in total. The van der Waals surface area contributed by atoms with Gasteiger partial charge in [0.1, 0.15) is 5.82 Å². The first kappa shape index (κ1) is 20.4. The number of carbonyl (C=O) groups is 2. The van der Waals surface area contributed by atoms with E-state index < -0.39 is 11.7 Å². The Labute approximate surface area is 168 Å². The number of benzene rings is 2. The lowest BCUT2D eigenvalue weighted by molar-refractivity contribution is -0.115. The Bertz CT molecular complexity index is 790. The molecular formula is C21H24FN3O2S. The number of amides is 2. The Morgan fingerprint density at radius 3 is 2.36 bits per heavy atom. The first-order valence-electron chi connectivity index (χ1n) is 9.33. The zero-order valence-corrected chi connectivity index (χ0v) is 16.4. The van der Waals surface area contributed by atoms with E-state index in [0.717, 1.165) is 26.1 Å². The summed E-state index contributed by atoms with van der Waals surface area (Å²) in [6.45, 7) is 3.22. The molecule has 0 atom stereocenters. The second kappa shape index (κ2) is 10.2. The Hall–Kier alpha value is -2.38. The van der Waals surface area contributed by atoms with Gasteiger partial charge in [0, 0.05) is 42.4 Å². The third kappa shape index (κ3) is 6.35. The molecule has 0 unspecified atom stereocenters. The van der Waals surface area contributed by atoms with E-state index in [1.807, 2.05) is 36.0 Å². The summed E-state index contributed by atoms with van der Waals surface area (Å²) < 4.78 is 12.9. The first-order chi connectivity index (χ1) is 13.6. The van der Waals surface area contributed by atoms with Gasteiger partial charge in [0.05, 0.1) is 6.54 Å². The summed E-state index contributed by atoms with van der Waals surface area (Å²) in [7, 11) is 0. The van der Waals surface area contributed by atoms with Crippen molar-refractivity contribution in [2.75, 3.05) is 43.0 Å². The molecule has 1 saturated heterocycles. The lowest BCUT2D eigenvalue weighted by Gasteiger charge is -2.26. The van der Waals surface area contributed by atoms with Crippen LogP contribution < -0.4 is 10.6 Å². The number of halogens is 1. The predicted molar refractivity (Wildman–Crippen MR) is 111 cm³/mol. The fourth-order valence-corrected chi connectivity index (χ4v) is 3.91. The normalized spacial score (nSPS) is 14.5. The smallest absolute Gasteiger partial charge is 0.251 e. The van der Waals surface area contributed by atoms with Crippen LogP contribution in [0.3, 0.4) is 0 Å². The molecule has 0 bridgehead atoms. The van der Waals surface area contributed by atoms with Crippen LogP contribution in [0, 0.1) is 5.82 Å². The van der Waals surface area contributed by atoms with Gasteiger partial charge in [0.2, 0.25) is 5.91 Å². The Balaban J connectivity index is 1.41. The third-order valence-electron chi connectivity index (χ3n) is 4.57. The van der Waals surface area contributed by atoms with Gasteiger partial charge >= 0.3 is 0 Å². The monoisotopic (exact) mass is 401 g/mol. The zero-order valence-electron chi connectivity index (χ0n) is 15.6. The number of nitrogens with zero attached hydrogens (tertiary/aromatic N) is 1. The van der Waals surface area contributed by atoms with Crippen LogP contribution in [0.1, 0.15) is 15.9 Å². The molecule has 3 rings (SSSR count). The molecule has 1 heterocycles. The standard InChI is InChI=1S/C21H24FN3O2S/c22-18-5-3-17(4-6-18)21(27)23-15-20(26)24-19-7-1-16(2-8-19)9-10-25-11-13-28-14-12-25/h1-8H,9-15H2,(H,23,27)(H,24,26). The van der Waals surface area contributed by atoms with Gasteiger partial charge in [0.25, 0.3) is 5.91 Å². The van der Waals surface area contributed by atoms with Crippen molar-refractivity contribution in [1.29, 1.82) is 0 Å². The van der Waals surface area contributed by atoms with Crippen LogP contribution >= 0.6 is 11.8 Å². The summed E-state index contributed by atoms with van der Waals surface area (Å²) in [6.07, 6.45) is 0.993. The average molecular weight is 402 g/mol. The highest BCUT2D eigenvalue weighted by Crippen LogP contribution is 2.13. The van der Waals surface area contributed by atoms with Gasteiger partial charge in [-0.05, 0) is 48.4 Å². The third-order valence-corrected chi connectivity index (χ3v) is 5.52.